The molecule has 2 rings (SSSR count). The SMILES string of the molecule is CCc1ccccc1NC(=O)C(C#N)=Cc1ccc(OC)cc1OC. The summed E-state index contributed by atoms with van der Waals surface area (Å²) >= 11 is 0. The van der Waals surface area contributed by atoms with Crippen molar-refractivity contribution in [1.82, 2.24) is 0 Å². The van der Waals surface area contributed by atoms with Crippen LogP contribution in [0.1, 0.15) is 18.1 Å². The van der Waals surface area contributed by atoms with Crippen molar-refractivity contribution in [3.05, 3.63) is 59.2 Å². The van der Waals surface area contributed by atoms with Gasteiger partial charge in [-0.2, -0.15) is 5.26 Å². The lowest BCUT2D eigenvalue weighted by Crippen LogP contribution is -2.14. The smallest absolute Gasteiger partial charge is 0.266 e. The molecule has 0 bridgehead atoms. The van der Waals surface area contributed by atoms with Gasteiger partial charge >= 0.3 is 0 Å². The van der Waals surface area contributed by atoms with Gasteiger partial charge in [0.1, 0.15) is 23.1 Å². The van der Waals surface area contributed by atoms with Gasteiger partial charge < -0.3 is 14.8 Å². The lowest BCUT2D eigenvalue weighted by atomic mass is 10.1. The summed E-state index contributed by atoms with van der Waals surface area (Å²) in [7, 11) is 3.08. The monoisotopic (exact) mass is 336 g/mol. The molecule has 0 aliphatic carbocycles. The Morgan fingerprint density at radius 1 is 1.20 bits per heavy atom. The first-order chi connectivity index (χ1) is 12.1. The number of ether oxygens (including phenoxy) is 2. The highest BCUT2D eigenvalue weighted by Gasteiger charge is 2.13. The first-order valence-electron chi connectivity index (χ1n) is 7.86. The fourth-order valence-corrected chi connectivity index (χ4v) is 2.38. The number of hydrogen-bond donors (Lipinski definition) is 1. The summed E-state index contributed by atoms with van der Waals surface area (Å²) in [5.74, 6) is 0.698. The zero-order valence-electron chi connectivity index (χ0n) is 14.5. The van der Waals surface area contributed by atoms with Crippen LogP contribution in [0.2, 0.25) is 0 Å². The van der Waals surface area contributed by atoms with Crippen molar-refractivity contribution in [2.45, 2.75) is 13.3 Å². The molecular weight excluding hydrogens is 316 g/mol. The molecule has 5 heteroatoms. The second-order valence-corrected chi connectivity index (χ2v) is 5.24. The maximum atomic E-state index is 12.5. The number of amides is 1. The molecule has 1 amide bonds. The molecule has 0 aromatic heterocycles. The summed E-state index contributed by atoms with van der Waals surface area (Å²) in [4.78, 5) is 12.5. The zero-order chi connectivity index (χ0) is 18.2. The fraction of sp³-hybridized carbons (Fsp3) is 0.200. The van der Waals surface area contributed by atoms with Crippen LogP contribution in [-0.2, 0) is 11.2 Å². The Labute approximate surface area is 147 Å². The highest BCUT2D eigenvalue weighted by Crippen LogP contribution is 2.27. The Morgan fingerprint density at radius 2 is 1.96 bits per heavy atom. The number of carbonyl (C=O) groups is 1. The second-order valence-electron chi connectivity index (χ2n) is 5.24. The Balaban J connectivity index is 2.31. The van der Waals surface area contributed by atoms with Crippen molar-refractivity contribution in [3.8, 4) is 17.6 Å². The number of rotatable bonds is 6. The van der Waals surface area contributed by atoms with Gasteiger partial charge in [0.25, 0.3) is 5.91 Å². The molecule has 0 saturated carbocycles. The van der Waals surface area contributed by atoms with Crippen LogP contribution in [0.5, 0.6) is 11.5 Å². The number of nitriles is 1. The van der Waals surface area contributed by atoms with E-state index in [0.717, 1.165) is 12.0 Å². The topological polar surface area (TPSA) is 71.4 Å². The molecule has 0 aliphatic heterocycles. The lowest BCUT2D eigenvalue weighted by Gasteiger charge is -2.10. The molecular formula is C20H20N2O3. The molecule has 0 unspecified atom stereocenters. The summed E-state index contributed by atoms with van der Waals surface area (Å²) in [6, 6.07) is 14.7. The molecule has 2 aromatic carbocycles. The summed E-state index contributed by atoms with van der Waals surface area (Å²) in [5.41, 5.74) is 2.33. The van der Waals surface area contributed by atoms with Crippen molar-refractivity contribution in [3.63, 3.8) is 0 Å². The number of methoxy groups -OCH3 is 2. The molecule has 0 aliphatic rings. The Kier molecular flexibility index (Phi) is 6.19. The van der Waals surface area contributed by atoms with E-state index in [9.17, 15) is 10.1 Å². The normalized spacial score (nSPS) is 10.7. The van der Waals surface area contributed by atoms with Crippen molar-refractivity contribution < 1.29 is 14.3 Å². The van der Waals surface area contributed by atoms with Gasteiger partial charge in [0.2, 0.25) is 0 Å². The molecule has 25 heavy (non-hydrogen) atoms. The van der Waals surface area contributed by atoms with Crippen LogP contribution in [0.25, 0.3) is 6.08 Å². The van der Waals surface area contributed by atoms with Gasteiger partial charge in [-0.3, -0.25) is 4.79 Å². The third kappa shape index (κ3) is 4.39. The number of aryl methyl sites for hydroxylation is 1. The van der Waals surface area contributed by atoms with E-state index in [4.69, 9.17) is 9.47 Å². The molecule has 0 saturated heterocycles. The number of anilines is 1. The van der Waals surface area contributed by atoms with Gasteiger partial charge in [-0.25, -0.2) is 0 Å². The van der Waals surface area contributed by atoms with Crippen LogP contribution in [0.15, 0.2) is 48.0 Å². The van der Waals surface area contributed by atoms with Crippen LogP contribution < -0.4 is 14.8 Å². The second kappa shape index (κ2) is 8.55. The number of nitrogens with one attached hydrogen (secondary N) is 1. The van der Waals surface area contributed by atoms with Gasteiger partial charge in [-0.05, 0) is 36.3 Å². The van der Waals surface area contributed by atoms with Gasteiger partial charge in [-0.1, -0.05) is 25.1 Å². The molecule has 0 spiro atoms. The maximum absolute atomic E-state index is 12.5. The van der Waals surface area contributed by atoms with Crippen LogP contribution >= 0.6 is 0 Å². The van der Waals surface area contributed by atoms with Crippen molar-refractivity contribution in [1.29, 1.82) is 5.26 Å². The minimum absolute atomic E-state index is 0.00521. The van der Waals surface area contributed by atoms with Crippen LogP contribution in [0, 0.1) is 11.3 Å². The maximum Gasteiger partial charge on any atom is 0.266 e. The number of carbonyl (C=O) groups excluding carboxylic acids is 1. The average Bonchev–Trinajstić information content (AvgIpc) is 2.66. The minimum atomic E-state index is -0.457. The average molecular weight is 336 g/mol. The van der Waals surface area contributed by atoms with Crippen LogP contribution in [-0.4, -0.2) is 20.1 Å². The van der Waals surface area contributed by atoms with Crippen molar-refractivity contribution in [2.75, 3.05) is 19.5 Å². The van der Waals surface area contributed by atoms with Gasteiger partial charge in [0.05, 0.1) is 14.2 Å². The van der Waals surface area contributed by atoms with Crippen molar-refractivity contribution >= 4 is 17.7 Å². The fourth-order valence-electron chi connectivity index (χ4n) is 2.38. The highest BCUT2D eigenvalue weighted by atomic mass is 16.5. The van der Waals surface area contributed by atoms with E-state index in [1.54, 1.807) is 25.3 Å². The highest BCUT2D eigenvalue weighted by molar-refractivity contribution is 6.10. The van der Waals surface area contributed by atoms with E-state index in [1.165, 1.54) is 13.2 Å². The third-order valence-corrected chi connectivity index (χ3v) is 3.75. The van der Waals surface area contributed by atoms with E-state index >= 15 is 0 Å². The molecule has 0 radical (unpaired) electrons. The first kappa shape index (κ1) is 18.1. The Bertz CT molecular complexity index is 835. The van der Waals surface area contributed by atoms with Crippen molar-refractivity contribution in [2.24, 2.45) is 0 Å². The van der Waals surface area contributed by atoms with Crippen LogP contribution in [0.3, 0.4) is 0 Å². The van der Waals surface area contributed by atoms with E-state index < -0.39 is 5.91 Å². The zero-order valence-corrected chi connectivity index (χ0v) is 14.5. The predicted molar refractivity (Wildman–Crippen MR) is 97.6 cm³/mol. The molecule has 0 heterocycles. The molecule has 0 fully saturated rings. The summed E-state index contributed by atoms with van der Waals surface area (Å²) in [6.45, 7) is 2.01. The molecule has 2 aromatic rings. The Morgan fingerprint density at radius 3 is 2.60 bits per heavy atom. The first-order valence-corrected chi connectivity index (χ1v) is 7.86. The van der Waals surface area contributed by atoms with Gasteiger partial charge in [-0.15, -0.1) is 0 Å². The standard InChI is InChI=1S/C20H20N2O3/c1-4-14-7-5-6-8-18(14)22-20(23)16(13-21)11-15-9-10-17(24-2)12-19(15)25-3/h5-12H,4H2,1-3H3,(H,22,23). The number of nitrogens with zero attached hydrogens (tertiary/aromatic N) is 1. The van der Waals surface area contributed by atoms with E-state index in [-0.39, 0.29) is 5.57 Å². The van der Waals surface area contributed by atoms with Crippen LogP contribution in [0.4, 0.5) is 5.69 Å². The number of benzene rings is 2. The minimum Gasteiger partial charge on any atom is -0.497 e. The molecule has 5 nitrogen and oxygen atoms in total. The molecule has 0 atom stereocenters. The Hall–Kier alpha value is -3.26. The number of para-hydroxylation sites is 1. The van der Waals surface area contributed by atoms with E-state index in [1.807, 2.05) is 37.3 Å². The lowest BCUT2D eigenvalue weighted by molar-refractivity contribution is -0.112. The number of hydrogen-bond acceptors (Lipinski definition) is 4. The largest absolute Gasteiger partial charge is 0.497 e. The van der Waals surface area contributed by atoms with Gasteiger partial charge in [0.15, 0.2) is 0 Å². The van der Waals surface area contributed by atoms with E-state index in [0.29, 0.717) is 22.7 Å². The predicted octanol–water partition coefficient (Wildman–Crippen LogP) is 3.81. The summed E-state index contributed by atoms with van der Waals surface area (Å²) < 4.78 is 10.5. The summed E-state index contributed by atoms with van der Waals surface area (Å²) in [5, 5.41) is 12.2. The molecule has 128 valence electrons. The van der Waals surface area contributed by atoms with E-state index in [2.05, 4.69) is 5.32 Å². The van der Waals surface area contributed by atoms with Gasteiger partial charge in [0, 0.05) is 17.3 Å². The quantitative estimate of drug-likeness (QED) is 0.643. The summed E-state index contributed by atoms with van der Waals surface area (Å²) in [6.07, 6.45) is 2.29. The third-order valence-electron chi connectivity index (χ3n) is 3.75. The molecule has 1 N–H and O–H groups in total.